The van der Waals surface area contributed by atoms with Crippen LogP contribution in [0.1, 0.15) is 41.6 Å². The molecule has 1 aliphatic rings. The maximum atomic E-state index is 13.1. The van der Waals surface area contributed by atoms with Crippen molar-refractivity contribution in [2.45, 2.75) is 32.7 Å². The van der Waals surface area contributed by atoms with E-state index in [0.717, 1.165) is 17.0 Å². The Morgan fingerprint density at radius 2 is 2.22 bits per heavy atom. The third-order valence-corrected chi connectivity index (χ3v) is 4.63. The third kappa shape index (κ3) is 2.79. The number of nitrogens with zero attached hydrogens (tertiary/aromatic N) is 3. The van der Waals surface area contributed by atoms with E-state index in [2.05, 4.69) is 5.16 Å². The average Bonchev–Trinajstić information content (AvgIpc) is 3.11. The van der Waals surface area contributed by atoms with Gasteiger partial charge in [-0.2, -0.15) is 0 Å². The topological polar surface area (TPSA) is 60.5 Å². The molecule has 0 spiro atoms. The molecule has 3 rings (SSSR count). The van der Waals surface area contributed by atoms with E-state index in [-0.39, 0.29) is 17.9 Å². The summed E-state index contributed by atoms with van der Waals surface area (Å²) >= 11 is 0. The van der Waals surface area contributed by atoms with E-state index in [0.29, 0.717) is 25.5 Å². The molecule has 6 heteroatoms. The molecule has 1 saturated heterocycles. The van der Waals surface area contributed by atoms with Crippen LogP contribution in [-0.2, 0) is 16.6 Å². The molecular weight excluding hydrogens is 294 g/mol. The van der Waals surface area contributed by atoms with Gasteiger partial charge in [0.05, 0.1) is 30.9 Å². The number of carbonyl (C=O) groups excluding carboxylic acids is 1. The van der Waals surface area contributed by atoms with E-state index in [1.54, 1.807) is 0 Å². The molecule has 0 unspecified atom stereocenters. The molecule has 0 saturated carbocycles. The van der Waals surface area contributed by atoms with Crippen LogP contribution >= 0.6 is 0 Å². The summed E-state index contributed by atoms with van der Waals surface area (Å²) in [5.41, 5.74) is 2.77. The number of hydrogen-bond donors (Lipinski definition) is 0. The average molecular weight is 317 g/mol. The standard InChI is InChI=1S/C17H23N3O3/c1-11(16-12(2)18-23-13(16)3)17(21)20-8-9-22-10-15(20)14-6-5-7-19(14)4/h5-7,11,15H,8-10H2,1-4H3/t11-,15+/m1/s1. The SMILES string of the molecule is Cc1noc(C)c1[C@@H](C)C(=O)N1CCOC[C@H]1c1cccn1C. The van der Waals surface area contributed by atoms with Crippen molar-refractivity contribution in [1.82, 2.24) is 14.6 Å². The monoisotopic (exact) mass is 317 g/mol. The number of carbonyl (C=O) groups is 1. The summed E-state index contributed by atoms with van der Waals surface area (Å²) in [5, 5.41) is 3.97. The molecule has 0 aliphatic carbocycles. The molecule has 0 N–H and O–H groups in total. The summed E-state index contributed by atoms with van der Waals surface area (Å²) in [6.07, 6.45) is 1.99. The lowest BCUT2D eigenvalue weighted by molar-refractivity contribution is -0.141. The Kier molecular flexibility index (Phi) is 4.26. The van der Waals surface area contributed by atoms with Gasteiger partial charge in [-0.05, 0) is 32.9 Å². The van der Waals surface area contributed by atoms with Gasteiger partial charge < -0.3 is 18.7 Å². The van der Waals surface area contributed by atoms with Gasteiger partial charge in [-0.1, -0.05) is 5.16 Å². The van der Waals surface area contributed by atoms with Crippen LogP contribution < -0.4 is 0 Å². The number of ether oxygens (including phenoxy) is 1. The molecule has 1 aliphatic heterocycles. The molecule has 0 aromatic carbocycles. The Balaban J connectivity index is 1.89. The predicted molar refractivity (Wildman–Crippen MR) is 85.1 cm³/mol. The summed E-state index contributed by atoms with van der Waals surface area (Å²) in [5.74, 6) is 0.531. The molecular formula is C17H23N3O3. The molecule has 2 aromatic heterocycles. The highest BCUT2D eigenvalue weighted by atomic mass is 16.5. The van der Waals surface area contributed by atoms with E-state index >= 15 is 0 Å². The highest BCUT2D eigenvalue weighted by Crippen LogP contribution is 2.30. The van der Waals surface area contributed by atoms with E-state index in [9.17, 15) is 4.79 Å². The minimum Gasteiger partial charge on any atom is -0.377 e. The molecule has 1 amide bonds. The van der Waals surface area contributed by atoms with Crippen molar-refractivity contribution < 1.29 is 14.1 Å². The first-order chi connectivity index (χ1) is 11.0. The largest absolute Gasteiger partial charge is 0.377 e. The zero-order chi connectivity index (χ0) is 16.6. The number of aromatic nitrogens is 2. The maximum absolute atomic E-state index is 13.1. The van der Waals surface area contributed by atoms with Crippen molar-refractivity contribution in [3.05, 3.63) is 41.0 Å². The van der Waals surface area contributed by atoms with Crippen LogP contribution in [-0.4, -0.2) is 40.3 Å². The first-order valence-electron chi connectivity index (χ1n) is 7.93. The summed E-state index contributed by atoms with van der Waals surface area (Å²) in [7, 11) is 1.99. The van der Waals surface area contributed by atoms with Crippen molar-refractivity contribution in [3.63, 3.8) is 0 Å². The van der Waals surface area contributed by atoms with Crippen molar-refractivity contribution in [1.29, 1.82) is 0 Å². The first kappa shape index (κ1) is 15.8. The molecule has 23 heavy (non-hydrogen) atoms. The van der Waals surface area contributed by atoms with Crippen LogP contribution in [0.15, 0.2) is 22.9 Å². The predicted octanol–water partition coefficient (Wildman–Crippen LogP) is 2.33. The first-order valence-corrected chi connectivity index (χ1v) is 7.93. The quantitative estimate of drug-likeness (QED) is 0.872. The van der Waals surface area contributed by atoms with Crippen molar-refractivity contribution in [2.24, 2.45) is 7.05 Å². The van der Waals surface area contributed by atoms with Gasteiger partial charge in [0.25, 0.3) is 0 Å². The lowest BCUT2D eigenvalue weighted by Gasteiger charge is -2.37. The number of aryl methyl sites for hydroxylation is 3. The maximum Gasteiger partial charge on any atom is 0.230 e. The number of amides is 1. The fourth-order valence-electron chi connectivity index (χ4n) is 3.41. The van der Waals surface area contributed by atoms with Gasteiger partial charge in [0.15, 0.2) is 0 Å². The highest BCUT2D eigenvalue weighted by Gasteiger charge is 2.34. The van der Waals surface area contributed by atoms with Crippen LogP contribution in [0, 0.1) is 13.8 Å². The van der Waals surface area contributed by atoms with Crippen LogP contribution in [0.3, 0.4) is 0 Å². The van der Waals surface area contributed by atoms with Gasteiger partial charge in [-0.15, -0.1) is 0 Å². The summed E-state index contributed by atoms with van der Waals surface area (Å²) in [6, 6.07) is 3.98. The zero-order valence-electron chi connectivity index (χ0n) is 14.1. The van der Waals surface area contributed by atoms with Crippen LogP contribution in [0.25, 0.3) is 0 Å². The van der Waals surface area contributed by atoms with Crippen LogP contribution in [0.4, 0.5) is 0 Å². The van der Waals surface area contributed by atoms with Gasteiger partial charge >= 0.3 is 0 Å². The zero-order valence-corrected chi connectivity index (χ0v) is 14.1. The second-order valence-corrected chi connectivity index (χ2v) is 6.13. The Morgan fingerprint density at radius 3 is 2.83 bits per heavy atom. The highest BCUT2D eigenvalue weighted by molar-refractivity contribution is 5.84. The Hall–Kier alpha value is -2.08. The summed E-state index contributed by atoms with van der Waals surface area (Å²) in [4.78, 5) is 15.0. The molecule has 124 valence electrons. The molecule has 3 heterocycles. The van der Waals surface area contributed by atoms with Crippen LogP contribution in [0.5, 0.6) is 0 Å². The van der Waals surface area contributed by atoms with E-state index in [1.165, 1.54) is 0 Å². The second kappa shape index (κ2) is 6.20. The molecule has 0 bridgehead atoms. The molecule has 6 nitrogen and oxygen atoms in total. The van der Waals surface area contributed by atoms with Gasteiger partial charge in [0, 0.05) is 31.0 Å². The van der Waals surface area contributed by atoms with E-state index < -0.39 is 0 Å². The van der Waals surface area contributed by atoms with Crippen molar-refractivity contribution >= 4 is 5.91 Å². The number of morpholine rings is 1. The smallest absolute Gasteiger partial charge is 0.230 e. The van der Waals surface area contributed by atoms with Gasteiger partial charge in [-0.25, -0.2) is 0 Å². The number of hydrogen-bond acceptors (Lipinski definition) is 4. The van der Waals surface area contributed by atoms with Gasteiger partial charge in [0.2, 0.25) is 5.91 Å². The van der Waals surface area contributed by atoms with Gasteiger partial charge in [-0.3, -0.25) is 4.79 Å². The normalized spacial score (nSPS) is 19.8. The fraction of sp³-hybridized carbons (Fsp3) is 0.529. The van der Waals surface area contributed by atoms with Gasteiger partial charge in [0.1, 0.15) is 5.76 Å². The minimum absolute atomic E-state index is 0.0563. The summed E-state index contributed by atoms with van der Waals surface area (Å²) in [6.45, 7) is 7.35. The Labute approximate surface area is 136 Å². The Bertz CT molecular complexity index is 684. The molecule has 1 fully saturated rings. The molecule has 2 aromatic rings. The molecule has 2 atom stereocenters. The van der Waals surface area contributed by atoms with Crippen LogP contribution in [0.2, 0.25) is 0 Å². The Morgan fingerprint density at radius 1 is 1.43 bits per heavy atom. The minimum atomic E-state index is -0.276. The summed E-state index contributed by atoms with van der Waals surface area (Å²) < 4.78 is 12.9. The van der Waals surface area contributed by atoms with E-state index in [4.69, 9.17) is 9.26 Å². The third-order valence-electron chi connectivity index (χ3n) is 4.63. The second-order valence-electron chi connectivity index (χ2n) is 6.13. The van der Waals surface area contributed by atoms with Crippen molar-refractivity contribution in [2.75, 3.05) is 19.8 Å². The fourth-order valence-corrected chi connectivity index (χ4v) is 3.41. The molecule has 0 radical (unpaired) electrons. The number of rotatable bonds is 3. The lowest BCUT2D eigenvalue weighted by Crippen LogP contribution is -2.45. The van der Waals surface area contributed by atoms with Crippen molar-refractivity contribution in [3.8, 4) is 0 Å². The van der Waals surface area contributed by atoms with E-state index in [1.807, 2.05) is 55.6 Å². The lowest BCUT2D eigenvalue weighted by atomic mass is 9.96.